The van der Waals surface area contributed by atoms with E-state index in [0.29, 0.717) is 5.69 Å². The van der Waals surface area contributed by atoms with E-state index >= 15 is 0 Å². The molecule has 0 radical (unpaired) electrons. The molecule has 13 heteroatoms. The quantitative estimate of drug-likeness (QED) is 0.296. The number of anilines is 3. The van der Waals surface area contributed by atoms with E-state index in [1.54, 1.807) is 24.3 Å². The number of rotatable bonds is 6. The zero-order valence-corrected chi connectivity index (χ0v) is 18.2. The Balaban J connectivity index is 1.66. The Bertz CT molecular complexity index is 1110. The molecule has 0 unspecified atom stereocenters. The minimum atomic E-state index is -1.94. The lowest BCUT2D eigenvalue weighted by atomic mass is 9.99. The summed E-state index contributed by atoms with van der Waals surface area (Å²) in [6.07, 6.45) is -10.8. The van der Waals surface area contributed by atoms with Crippen molar-refractivity contribution in [2.24, 2.45) is 0 Å². The number of amides is 3. The highest BCUT2D eigenvalue weighted by Crippen LogP contribution is 2.25. The van der Waals surface area contributed by atoms with Gasteiger partial charge in [-0.25, -0.2) is 9.59 Å². The molecule has 1 heterocycles. The van der Waals surface area contributed by atoms with Crippen LogP contribution in [-0.2, 0) is 19.1 Å². The lowest BCUT2D eigenvalue weighted by Gasteiger charge is -2.37. The first-order chi connectivity index (χ1) is 16.6. The summed E-state index contributed by atoms with van der Waals surface area (Å²) >= 11 is 0. The molecule has 3 rings (SSSR count). The first-order valence-electron chi connectivity index (χ1n) is 10.2. The fourth-order valence-corrected chi connectivity index (χ4v) is 3.20. The van der Waals surface area contributed by atoms with Crippen LogP contribution in [0.4, 0.5) is 21.9 Å². The number of aliphatic carboxylic acids is 1. The number of para-hydroxylation sites is 2. The van der Waals surface area contributed by atoms with Gasteiger partial charge in [0.25, 0.3) is 5.91 Å². The van der Waals surface area contributed by atoms with Crippen LogP contribution in [0.2, 0.25) is 0 Å². The van der Waals surface area contributed by atoms with E-state index in [1.165, 1.54) is 31.2 Å². The van der Waals surface area contributed by atoms with Gasteiger partial charge in [0.2, 0.25) is 12.2 Å². The summed E-state index contributed by atoms with van der Waals surface area (Å²) in [6, 6.07) is 12.2. The Morgan fingerprint density at radius 2 is 1.43 bits per heavy atom. The average Bonchev–Trinajstić information content (AvgIpc) is 2.80. The zero-order chi connectivity index (χ0) is 25.7. The van der Waals surface area contributed by atoms with Crippen LogP contribution >= 0.6 is 0 Å². The summed E-state index contributed by atoms with van der Waals surface area (Å²) in [4.78, 5) is 47.3. The van der Waals surface area contributed by atoms with Crippen molar-refractivity contribution in [2.75, 3.05) is 16.0 Å². The highest BCUT2D eigenvalue weighted by molar-refractivity contribution is 6.07. The van der Waals surface area contributed by atoms with Gasteiger partial charge >= 0.3 is 12.1 Å². The van der Waals surface area contributed by atoms with Crippen LogP contribution in [0.25, 0.3) is 0 Å². The second-order valence-electron chi connectivity index (χ2n) is 7.52. The van der Waals surface area contributed by atoms with Crippen LogP contribution in [0, 0.1) is 0 Å². The number of aliphatic hydroxyl groups excluding tert-OH is 3. The van der Waals surface area contributed by atoms with Crippen LogP contribution < -0.4 is 16.0 Å². The van der Waals surface area contributed by atoms with Gasteiger partial charge in [0, 0.05) is 18.2 Å². The third-order valence-corrected chi connectivity index (χ3v) is 4.92. The standard InChI is InChI=1S/C22H23N3O10/c1-10(26)23-12-8-6-11(7-9-12)19(30)24-13-4-2-3-5-14(13)25-22(33)35-21-17(29)15(27)16(28)18(34-21)20(31)32/h2-9,15-18,21,27-29H,1H3,(H,23,26)(H,24,30)(H,25,33)(H,31,32)/t15-,16-,17+,18-,21-/m0/s1. The van der Waals surface area contributed by atoms with Gasteiger partial charge < -0.3 is 40.5 Å². The highest BCUT2D eigenvalue weighted by Gasteiger charge is 2.48. The van der Waals surface area contributed by atoms with Gasteiger partial charge in [-0.3, -0.25) is 14.9 Å². The number of carboxylic acid groups (broad SMARTS) is 1. The monoisotopic (exact) mass is 489 g/mol. The number of carboxylic acids is 1. The van der Waals surface area contributed by atoms with Crippen molar-refractivity contribution in [1.29, 1.82) is 0 Å². The van der Waals surface area contributed by atoms with Crippen molar-refractivity contribution in [3.05, 3.63) is 54.1 Å². The number of carbonyl (C=O) groups is 4. The van der Waals surface area contributed by atoms with Gasteiger partial charge in [0.15, 0.2) is 6.10 Å². The molecule has 0 aromatic heterocycles. The lowest BCUT2D eigenvalue weighted by Crippen LogP contribution is -2.60. The maximum atomic E-state index is 12.6. The second kappa shape index (κ2) is 10.9. The highest BCUT2D eigenvalue weighted by atomic mass is 16.7. The predicted molar refractivity (Wildman–Crippen MR) is 120 cm³/mol. The average molecular weight is 489 g/mol. The second-order valence-corrected chi connectivity index (χ2v) is 7.52. The summed E-state index contributed by atoms with van der Waals surface area (Å²) < 4.78 is 9.79. The van der Waals surface area contributed by atoms with E-state index in [4.69, 9.17) is 14.6 Å². The molecule has 0 bridgehead atoms. The lowest BCUT2D eigenvalue weighted by molar-refractivity contribution is -0.277. The van der Waals surface area contributed by atoms with Crippen LogP contribution in [0.15, 0.2) is 48.5 Å². The number of aliphatic hydroxyl groups is 3. The smallest absolute Gasteiger partial charge is 0.414 e. The van der Waals surface area contributed by atoms with E-state index in [1.807, 2.05) is 0 Å². The molecule has 1 fully saturated rings. The fourth-order valence-electron chi connectivity index (χ4n) is 3.20. The summed E-state index contributed by atoms with van der Waals surface area (Å²) in [6.45, 7) is 1.35. The first-order valence-corrected chi connectivity index (χ1v) is 10.2. The third-order valence-electron chi connectivity index (χ3n) is 4.92. The minimum absolute atomic E-state index is 0.0985. The molecule has 5 atom stereocenters. The maximum absolute atomic E-state index is 12.6. The molecule has 3 amide bonds. The summed E-state index contributed by atoms with van der Waals surface area (Å²) in [7, 11) is 0. The van der Waals surface area contributed by atoms with Crippen LogP contribution in [0.3, 0.4) is 0 Å². The van der Waals surface area contributed by atoms with Crippen molar-refractivity contribution < 1.29 is 49.1 Å². The Kier molecular flexibility index (Phi) is 7.98. The summed E-state index contributed by atoms with van der Waals surface area (Å²) in [5.74, 6) is -2.41. The normalized spacial score (nSPS) is 23.6. The van der Waals surface area contributed by atoms with E-state index < -0.39 is 48.7 Å². The van der Waals surface area contributed by atoms with Gasteiger partial charge in [0.1, 0.15) is 18.3 Å². The van der Waals surface area contributed by atoms with E-state index in [0.717, 1.165) is 0 Å². The molecule has 13 nitrogen and oxygen atoms in total. The predicted octanol–water partition coefficient (Wildman–Crippen LogP) is 0.338. The molecule has 2 aromatic carbocycles. The number of ether oxygens (including phenoxy) is 2. The zero-order valence-electron chi connectivity index (χ0n) is 18.2. The van der Waals surface area contributed by atoms with Crippen molar-refractivity contribution in [1.82, 2.24) is 0 Å². The molecule has 35 heavy (non-hydrogen) atoms. The van der Waals surface area contributed by atoms with Gasteiger partial charge in [-0.15, -0.1) is 0 Å². The van der Waals surface area contributed by atoms with E-state index in [-0.39, 0.29) is 22.8 Å². The molecule has 7 N–H and O–H groups in total. The minimum Gasteiger partial charge on any atom is -0.479 e. The van der Waals surface area contributed by atoms with Gasteiger partial charge in [-0.05, 0) is 36.4 Å². The molecule has 186 valence electrons. The molecule has 2 aromatic rings. The molecule has 1 aliphatic heterocycles. The van der Waals surface area contributed by atoms with Crippen LogP contribution in [0.1, 0.15) is 17.3 Å². The summed E-state index contributed by atoms with van der Waals surface area (Å²) in [5, 5.41) is 46.1. The van der Waals surface area contributed by atoms with E-state index in [9.17, 15) is 34.5 Å². The Morgan fingerprint density at radius 3 is 2.00 bits per heavy atom. The molecule has 0 spiro atoms. The first kappa shape index (κ1) is 25.6. The number of carbonyl (C=O) groups excluding carboxylic acids is 3. The Morgan fingerprint density at radius 1 is 0.829 bits per heavy atom. The largest absolute Gasteiger partial charge is 0.479 e. The number of nitrogens with one attached hydrogen (secondary N) is 3. The van der Waals surface area contributed by atoms with Gasteiger partial charge in [-0.1, -0.05) is 12.1 Å². The van der Waals surface area contributed by atoms with Gasteiger partial charge in [-0.2, -0.15) is 0 Å². The van der Waals surface area contributed by atoms with Crippen molar-refractivity contribution in [3.8, 4) is 0 Å². The van der Waals surface area contributed by atoms with Crippen LogP contribution in [-0.4, -0.2) is 75.0 Å². The SMILES string of the molecule is CC(=O)Nc1ccc(C(=O)Nc2ccccc2NC(=O)O[C@@H]2O[C@H](C(=O)O)[C@@H](O)[C@H](O)[C@H]2O)cc1. The van der Waals surface area contributed by atoms with E-state index in [2.05, 4.69) is 16.0 Å². The Hall–Kier alpha value is -4.04. The number of benzene rings is 2. The Labute approximate surface area is 198 Å². The maximum Gasteiger partial charge on any atom is 0.414 e. The molecule has 1 aliphatic rings. The third kappa shape index (κ3) is 6.30. The van der Waals surface area contributed by atoms with Crippen molar-refractivity contribution >= 4 is 40.9 Å². The molecule has 1 saturated heterocycles. The van der Waals surface area contributed by atoms with Crippen molar-refractivity contribution in [3.63, 3.8) is 0 Å². The molecule has 0 aliphatic carbocycles. The molecular weight excluding hydrogens is 466 g/mol. The number of hydrogen-bond acceptors (Lipinski definition) is 9. The fraction of sp³-hybridized carbons (Fsp3) is 0.273. The topological polar surface area (TPSA) is 204 Å². The summed E-state index contributed by atoms with van der Waals surface area (Å²) in [5.41, 5.74) is 1.06. The van der Waals surface area contributed by atoms with Crippen molar-refractivity contribution in [2.45, 2.75) is 37.6 Å². The van der Waals surface area contributed by atoms with Crippen LogP contribution in [0.5, 0.6) is 0 Å². The number of hydrogen-bond donors (Lipinski definition) is 7. The molecule has 0 saturated carbocycles. The molecular formula is C22H23N3O10. The van der Waals surface area contributed by atoms with Gasteiger partial charge in [0.05, 0.1) is 11.4 Å².